The van der Waals surface area contributed by atoms with Crippen LogP contribution in [0.1, 0.15) is 17.5 Å². The minimum atomic E-state index is -0.362. The Kier molecular flexibility index (Phi) is 6.20. The number of carbonyl (C=O) groups excluding carboxylic acids is 2. The number of benzene rings is 2. The van der Waals surface area contributed by atoms with Crippen LogP contribution in [0.5, 0.6) is 0 Å². The number of furan rings is 1. The molecule has 0 bridgehead atoms. The van der Waals surface area contributed by atoms with Crippen molar-refractivity contribution in [3.63, 3.8) is 0 Å². The molecule has 0 spiro atoms. The van der Waals surface area contributed by atoms with E-state index in [-0.39, 0.29) is 17.6 Å². The van der Waals surface area contributed by atoms with E-state index in [4.69, 9.17) is 27.6 Å². The zero-order chi connectivity index (χ0) is 22.0. The van der Waals surface area contributed by atoms with Gasteiger partial charge in [-0.1, -0.05) is 23.2 Å². The first-order chi connectivity index (χ1) is 14.9. The Hall–Kier alpha value is -2.96. The highest BCUT2D eigenvalue weighted by Gasteiger charge is 2.21. The van der Waals surface area contributed by atoms with Gasteiger partial charge in [0.1, 0.15) is 5.76 Å². The minimum absolute atomic E-state index is 0.0842. The van der Waals surface area contributed by atoms with Crippen LogP contribution < -0.4 is 10.2 Å². The number of hydrogen-bond donors (Lipinski definition) is 1. The third-order valence-corrected chi connectivity index (χ3v) is 5.78. The molecule has 2 aromatic carbocycles. The van der Waals surface area contributed by atoms with Gasteiger partial charge in [-0.05, 0) is 54.6 Å². The maximum Gasteiger partial charge on any atom is 0.291 e. The molecule has 1 N–H and O–H groups in total. The number of nitrogens with one attached hydrogen (secondary N) is 1. The minimum Gasteiger partial charge on any atom is -0.451 e. The molecule has 1 aliphatic heterocycles. The third kappa shape index (κ3) is 4.86. The van der Waals surface area contributed by atoms with Crippen LogP contribution in [0, 0.1) is 0 Å². The number of amides is 2. The van der Waals surface area contributed by atoms with Crippen LogP contribution in [0.25, 0.3) is 11.3 Å². The van der Waals surface area contributed by atoms with Gasteiger partial charge in [-0.15, -0.1) is 0 Å². The Morgan fingerprint density at radius 3 is 2.29 bits per heavy atom. The molecule has 1 saturated heterocycles. The first kappa shape index (κ1) is 21.3. The van der Waals surface area contributed by atoms with Gasteiger partial charge >= 0.3 is 0 Å². The van der Waals surface area contributed by atoms with Gasteiger partial charge in [0, 0.05) is 49.4 Å². The maximum atomic E-state index is 12.6. The molecule has 1 aromatic heterocycles. The Labute approximate surface area is 190 Å². The lowest BCUT2D eigenvalue weighted by Gasteiger charge is -2.36. The van der Waals surface area contributed by atoms with Crippen molar-refractivity contribution in [1.82, 2.24) is 4.90 Å². The van der Waals surface area contributed by atoms with Crippen molar-refractivity contribution in [3.05, 3.63) is 70.4 Å². The van der Waals surface area contributed by atoms with E-state index in [9.17, 15) is 9.59 Å². The molecule has 3 aromatic rings. The summed E-state index contributed by atoms with van der Waals surface area (Å²) in [7, 11) is 0. The molecule has 6 nitrogen and oxygen atoms in total. The van der Waals surface area contributed by atoms with Crippen LogP contribution in [-0.2, 0) is 4.79 Å². The number of halogens is 2. The summed E-state index contributed by atoms with van der Waals surface area (Å²) in [6, 6.07) is 16.0. The maximum absolute atomic E-state index is 12.6. The van der Waals surface area contributed by atoms with Gasteiger partial charge in [-0.25, -0.2) is 0 Å². The number of nitrogens with zero attached hydrogens (tertiary/aromatic N) is 2. The summed E-state index contributed by atoms with van der Waals surface area (Å²) in [4.78, 5) is 28.0. The molecule has 2 heterocycles. The molecule has 1 fully saturated rings. The predicted molar refractivity (Wildman–Crippen MR) is 123 cm³/mol. The Bertz CT molecular complexity index is 1100. The first-order valence-corrected chi connectivity index (χ1v) is 10.6. The van der Waals surface area contributed by atoms with Crippen molar-refractivity contribution in [1.29, 1.82) is 0 Å². The van der Waals surface area contributed by atoms with Gasteiger partial charge < -0.3 is 19.5 Å². The van der Waals surface area contributed by atoms with E-state index >= 15 is 0 Å². The summed E-state index contributed by atoms with van der Waals surface area (Å²) >= 11 is 12.4. The average Bonchev–Trinajstić information content (AvgIpc) is 3.25. The molecule has 8 heteroatoms. The van der Waals surface area contributed by atoms with Gasteiger partial charge in [0.15, 0.2) is 5.76 Å². The Balaban J connectivity index is 1.42. The Morgan fingerprint density at radius 1 is 0.935 bits per heavy atom. The van der Waals surface area contributed by atoms with Gasteiger partial charge in [-0.3, -0.25) is 9.59 Å². The molecular weight excluding hydrogens is 437 g/mol. The lowest BCUT2D eigenvalue weighted by atomic mass is 10.2. The molecule has 0 aliphatic carbocycles. The van der Waals surface area contributed by atoms with Crippen LogP contribution in [0.2, 0.25) is 10.0 Å². The van der Waals surface area contributed by atoms with Crippen molar-refractivity contribution in [2.24, 2.45) is 0 Å². The second-order valence-electron chi connectivity index (χ2n) is 7.28. The van der Waals surface area contributed by atoms with Crippen molar-refractivity contribution in [3.8, 4) is 11.3 Å². The van der Waals surface area contributed by atoms with E-state index in [1.54, 1.807) is 43.3 Å². The molecule has 0 saturated carbocycles. The van der Waals surface area contributed by atoms with E-state index in [0.29, 0.717) is 47.7 Å². The molecule has 31 heavy (non-hydrogen) atoms. The first-order valence-electron chi connectivity index (χ1n) is 9.88. The average molecular weight is 458 g/mol. The third-order valence-electron chi connectivity index (χ3n) is 5.23. The summed E-state index contributed by atoms with van der Waals surface area (Å²) in [6.45, 7) is 4.34. The van der Waals surface area contributed by atoms with E-state index in [2.05, 4.69) is 10.2 Å². The summed E-state index contributed by atoms with van der Waals surface area (Å²) < 4.78 is 5.69. The summed E-state index contributed by atoms with van der Waals surface area (Å²) in [6.07, 6.45) is 0. The van der Waals surface area contributed by atoms with E-state index < -0.39 is 0 Å². The normalized spacial score (nSPS) is 13.9. The molecule has 160 valence electrons. The van der Waals surface area contributed by atoms with Gasteiger partial charge in [0.25, 0.3) is 5.91 Å². The predicted octanol–water partition coefficient (Wildman–Crippen LogP) is 5.17. The zero-order valence-electron chi connectivity index (χ0n) is 16.9. The number of piperazine rings is 1. The lowest BCUT2D eigenvalue weighted by Crippen LogP contribution is -2.48. The largest absolute Gasteiger partial charge is 0.451 e. The molecule has 0 unspecified atom stereocenters. The molecule has 0 radical (unpaired) electrons. The van der Waals surface area contributed by atoms with Crippen LogP contribution in [0.3, 0.4) is 0 Å². The fourth-order valence-electron chi connectivity index (χ4n) is 3.53. The quantitative estimate of drug-likeness (QED) is 0.586. The molecule has 2 amide bonds. The van der Waals surface area contributed by atoms with Crippen molar-refractivity contribution in [2.75, 3.05) is 36.4 Å². The summed E-state index contributed by atoms with van der Waals surface area (Å²) in [5.41, 5.74) is 2.29. The topological polar surface area (TPSA) is 65.8 Å². The van der Waals surface area contributed by atoms with Gasteiger partial charge in [0.05, 0.1) is 10.7 Å². The highest BCUT2D eigenvalue weighted by Crippen LogP contribution is 2.30. The fraction of sp³-hybridized carbons (Fsp3) is 0.217. The van der Waals surface area contributed by atoms with Gasteiger partial charge in [-0.2, -0.15) is 0 Å². The lowest BCUT2D eigenvalue weighted by molar-refractivity contribution is -0.129. The standard InChI is InChI=1S/C23H21Cl2N3O3/c1-15(29)27-10-12-28(13-11-27)20-7-6-18(14-19(20)25)26-23(30)22-9-8-21(31-22)16-2-4-17(24)5-3-16/h2-9,14H,10-13H2,1H3,(H,26,30). The number of carbonyl (C=O) groups is 2. The number of hydrogen-bond acceptors (Lipinski definition) is 4. The molecule has 0 atom stereocenters. The van der Waals surface area contributed by atoms with Crippen LogP contribution in [0.15, 0.2) is 59.0 Å². The molecular formula is C23H21Cl2N3O3. The van der Waals surface area contributed by atoms with E-state index in [1.807, 2.05) is 23.1 Å². The summed E-state index contributed by atoms with van der Waals surface area (Å²) in [5.74, 6) is 0.505. The van der Waals surface area contributed by atoms with Crippen LogP contribution in [-0.4, -0.2) is 42.9 Å². The van der Waals surface area contributed by atoms with Crippen LogP contribution in [0.4, 0.5) is 11.4 Å². The highest BCUT2D eigenvalue weighted by molar-refractivity contribution is 6.33. The van der Waals surface area contributed by atoms with Crippen molar-refractivity contribution < 1.29 is 14.0 Å². The monoisotopic (exact) mass is 457 g/mol. The van der Waals surface area contributed by atoms with E-state index in [0.717, 1.165) is 11.3 Å². The number of rotatable bonds is 4. The van der Waals surface area contributed by atoms with Gasteiger partial charge in [0.2, 0.25) is 5.91 Å². The van der Waals surface area contributed by atoms with Crippen molar-refractivity contribution >= 4 is 46.4 Å². The number of anilines is 2. The second kappa shape index (κ2) is 9.04. The SMILES string of the molecule is CC(=O)N1CCN(c2ccc(NC(=O)c3ccc(-c4ccc(Cl)cc4)o3)cc2Cl)CC1. The van der Waals surface area contributed by atoms with Crippen molar-refractivity contribution in [2.45, 2.75) is 6.92 Å². The highest BCUT2D eigenvalue weighted by atomic mass is 35.5. The smallest absolute Gasteiger partial charge is 0.291 e. The fourth-order valence-corrected chi connectivity index (χ4v) is 3.95. The Morgan fingerprint density at radius 2 is 1.65 bits per heavy atom. The second-order valence-corrected chi connectivity index (χ2v) is 8.13. The zero-order valence-corrected chi connectivity index (χ0v) is 18.4. The van der Waals surface area contributed by atoms with Crippen LogP contribution >= 0.6 is 23.2 Å². The molecule has 4 rings (SSSR count). The summed E-state index contributed by atoms with van der Waals surface area (Å²) in [5, 5.41) is 3.99. The van der Waals surface area contributed by atoms with E-state index in [1.165, 1.54) is 0 Å². The molecule has 1 aliphatic rings.